The van der Waals surface area contributed by atoms with Crippen molar-refractivity contribution in [1.29, 1.82) is 5.26 Å². The molecule has 0 fully saturated rings. The molecule has 0 bridgehead atoms. The fourth-order valence-electron chi connectivity index (χ4n) is 2.42. The molecule has 4 nitrogen and oxygen atoms in total. The van der Waals surface area contributed by atoms with Gasteiger partial charge < -0.3 is 9.88 Å². The average molecular weight is 321 g/mol. The molecule has 1 N–H and O–H groups in total. The average Bonchev–Trinajstić information content (AvgIpc) is 2.98. The van der Waals surface area contributed by atoms with Gasteiger partial charge in [0.05, 0.1) is 17.2 Å². The van der Waals surface area contributed by atoms with Crippen molar-refractivity contribution >= 4 is 28.6 Å². The maximum Gasteiger partial charge on any atom is 0.254 e. The number of carbonyl (C=O) groups excluding carboxylic acids is 1. The highest BCUT2D eigenvalue weighted by Crippen LogP contribution is 2.37. The normalized spacial score (nSPS) is 10.5. The number of H-pyrrole nitrogens is 1. The van der Waals surface area contributed by atoms with E-state index in [4.69, 9.17) is 0 Å². The summed E-state index contributed by atoms with van der Waals surface area (Å²) in [4.78, 5) is 18.9. The van der Waals surface area contributed by atoms with Crippen molar-refractivity contribution in [2.75, 3.05) is 14.1 Å². The molecule has 114 valence electrons. The number of nitriles is 1. The maximum absolute atomic E-state index is 12.3. The van der Waals surface area contributed by atoms with Crippen molar-refractivity contribution in [2.24, 2.45) is 0 Å². The second kappa shape index (κ2) is 6.19. The first-order chi connectivity index (χ1) is 11.1. The first kappa shape index (κ1) is 15.2. The third-order valence-electron chi connectivity index (χ3n) is 3.53. The molecule has 0 atom stereocenters. The Balaban J connectivity index is 2.08. The highest BCUT2D eigenvalue weighted by Gasteiger charge is 2.16. The summed E-state index contributed by atoms with van der Waals surface area (Å²) >= 11 is 1.50. The van der Waals surface area contributed by atoms with E-state index in [2.05, 4.69) is 11.1 Å². The van der Waals surface area contributed by atoms with E-state index in [1.165, 1.54) is 11.8 Å². The Morgan fingerprint density at radius 1 is 1.13 bits per heavy atom. The molecule has 0 aliphatic rings. The van der Waals surface area contributed by atoms with E-state index in [1.807, 2.05) is 42.6 Å². The van der Waals surface area contributed by atoms with Gasteiger partial charge in [0, 0.05) is 41.0 Å². The van der Waals surface area contributed by atoms with Crippen LogP contribution in [-0.4, -0.2) is 29.9 Å². The Hall–Kier alpha value is -2.71. The lowest BCUT2D eigenvalue weighted by Gasteiger charge is -2.13. The topological polar surface area (TPSA) is 59.9 Å². The van der Waals surface area contributed by atoms with Gasteiger partial charge in [-0.1, -0.05) is 30.0 Å². The molecule has 0 unspecified atom stereocenters. The molecule has 0 spiro atoms. The van der Waals surface area contributed by atoms with Crippen LogP contribution < -0.4 is 0 Å². The largest absolute Gasteiger partial charge is 0.360 e. The lowest BCUT2D eigenvalue weighted by molar-refractivity contribution is 0.0824. The van der Waals surface area contributed by atoms with Gasteiger partial charge in [0.15, 0.2) is 0 Å². The van der Waals surface area contributed by atoms with E-state index in [1.54, 1.807) is 25.1 Å². The zero-order valence-corrected chi connectivity index (χ0v) is 13.6. The van der Waals surface area contributed by atoms with Crippen LogP contribution in [0, 0.1) is 11.3 Å². The van der Waals surface area contributed by atoms with E-state index in [9.17, 15) is 10.1 Å². The minimum atomic E-state index is -0.0338. The van der Waals surface area contributed by atoms with Gasteiger partial charge in [0.2, 0.25) is 0 Å². The molecule has 3 rings (SSSR count). The van der Waals surface area contributed by atoms with Gasteiger partial charge in [-0.3, -0.25) is 4.79 Å². The Bertz CT molecular complexity index is 921. The van der Waals surface area contributed by atoms with Crippen LogP contribution in [0.3, 0.4) is 0 Å². The lowest BCUT2D eigenvalue weighted by atomic mass is 10.1. The molecule has 23 heavy (non-hydrogen) atoms. The highest BCUT2D eigenvalue weighted by atomic mass is 32.2. The van der Waals surface area contributed by atoms with E-state index >= 15 is 0 Å². The summed E-state index contributed by atoms with van der Waals surface area (Å²) in [5.74, 6) is -0.0338. The predicted molar refractivity (Wildman–Crippen MR) is 91.6 cm³/mol. The number of aromatic amines is 1. The van der Waals surface area contributed by atoms with Crippen LogP contribution in [0.15, 0.2) is 58.5 Å². The van der Waals surface area contributed by atoms with Gasteiger partial charge >= 0.3 is 0 Å². The van der Waals surface area contributed by atoms with Gasteiger partial charge in [-0.2, -0.15) is 5.26 Å². The second-order valence-corrected chi connectivity index (χ2v) is 6.37. The third-order valence-corrected chi connectivity index (χ3v) is 4.65. The highest BCUT2D eigenvalue weighted by molar-refractivity contribution is 7.99. The van der Waals surface area contributed by atoms with Crippen molar-refractivity contribution in [3.05, 3.63) is 59.8 Å². The summed E-state index contributed by atoms with van der Waals surface area (Å²) in [6, 6.07) is 15.3. The van der Waals surface area contributed by atoms with E-state index in [-0.39, 0.29) is 5.91 Å². The molecule has 0 aliphatic heterocycles. The summed E-state index contributed by atoms with van der Waals surface area (Å²) in [5, 5.41) is 10.2. The monoisotopic (exact) mass is 321 g/mol. The molecule has 0 saturated carbocycles. The smallest absolute Gasteiger partial charge is 0.254 e. The molecule has 0 saturated heterocycles. The minimum Gasteiger partial charge on any atom is -0.360 e. The van der Waals surface area contributed by atoms with Crippen LogP contribution in [0.5, 0.6) is 0 Å². The van der Waals surface area contributed by atoms with Gasteiger partial charge in [-0.25, -0.2) is 0 Å². The molecular formula is C18H15N3OS. The number of hydrogen-bond donors (Lipinski definition) is 1. The molecule has 0 radical (unpaired) electrons. The molecule has 3 aromatic rings. The second-order valence-electron chi connectivity index (χ2n) is 5.29. The standard InChI is InChI=1S/C18H15N3OS/c1-21(2)18(22)13-7-3-4-9-15(13)23-16-11-20-14-8-5-6-12(10-19)17(14)16/h3-9,11,20H,1-2H3. The Morgan fingerprint density at radius 3 is 2.65 bits per heavy atom. The maximum atomic E-state index is 12.3. The quantitative estimate of drug-likeness (QED) is 0.796. The van der Waals surface area contributed by atoms with Crippen LogP contribution in [0.1, 0.15) is 15.9 Å². The zero-order valence-electron chi connectivity index (χ0n) is 12.8. The predicted octanol–water partition coefficient (Wildman–Crippen LogP) is 3.89. The molecule has 1 aromatic heterocycles. The fourth-order valence-corrected chi connectivity index (χ4v) is 3.51. The molecular weight excluding hydrogens is 306 g/mol. The van der Waals surface area contributed by atoms with Crippen LogP contribution in [0.25, 0.3) is 10.9 Å². The summed E-state index contributed by atoms with van der Waals surface area (Å²) in [7, 11) is 3.48. The van der Waals surface area contributed by atoms with Crippen molar-refractivity contribution in [3.8, 4) is 6.07 Å². The Labute approximate surface area is 138 Å². The SMILES string of the molecule is CN(C)C(=O)c1ccccc1Sc1c[nH]c2cccc(C#N)c12. The van der Waals surface area contributed by atoms with Crippen LogP contribution >= 0.6 is 11.8 Å². The fraction of sp³-hybridized carbons (Fsp3) is 0.111. The molecule has 0 aliphatic carbocycles. The molecule has 5 heteroatoms. The van der Waals surface area contributed by atoms with Crippen molar-refractivity contribution in [2.45, 2.75) is 9.79 Å². The Morgan fingerprint density at radius 2 is 1.91 bits per heavy atom. The third kappa shape index (κ3) is 2.81. The number of hydrogen-bond acceptors (Lipinski definition) is 3. The van der Waals surface area contributed by atoms with Crippen molar-refractivity contribution in [3.63, 3.8) is 0 Å². The van der Waals surface area contributed by atoms with Crippen LogP contribution in [-0.2, 0) is 0 Å². The van der Waals surface area contributed by atoms with Crippen LogP contribution in [0.2, 0.25) is 0 Å². The van der Waals surface area contributed by atoms with E-state index < -0.39 is 0 Å². The van der Waals surface area contributed by atoms with E-state index in [0.717, 1.165) is 20.7 Å². The lowest BCUT2D eigenvalue weighted by Crippen LogP contribution is -2.22. The van der Waals surface area contributed by atoms with Gasteiger partial charge in [0.1, 0.15) is 0 Å². The number of rotatable bonds is 3. The minimum absolute atomic E-state index is 0.0338. The number of nitrogens with zero attached hydrogens (tertiary/aromatic N) is 2. The number of carbonyl (C=O) groups is 1. The first-order valence-corrected chi connectivity index (χ1v) is 7.92. The number of nitrogens with one attached hydrogen (secondary N) is 1. The zero-order chi connectivity index (χ0) is 16.4. The summed E-state index contributed by atoms with van der Waals surface area (Å²) in [6.45, 7) is 0. The van der Waals surface area contributed by atoms with Crippen molar-refractivity contribution in [1.82, 2.24) is 9.88 Å². The Kier molecular flexibility index (Phi) is 4.09. The number of benzene rings is 2. The summed E-state index contributed by atoms with van der Waals surface area (Å²) < 4.78 is 0. The van der Waals surface area contributed by atoms with Gasteiger partial charge in [-0.05, 0) is 24.3 Å². The first-order valence-electron chi connectivity index (χ1n) is 7.10. The number of aromatic nitrogens is 1. The summed E-state index contributed by atoms with van der Waals surface area (Å²) in [5.41, 5.74) is 2.21. The van der Waals surface area contributed by atoms with Crippen molar-refractivity contribution < 1.29 is 4.79 Å². The summed E-state index contributed by atoms with van der Waals surface area (Å²) in [6.07, 6.45) is 1.88. The molecule has 1 amide bonds. The number of fused-ring (bicyclic) bond motifs is 1. The van der Waals surface area contributed by atoms with Gasteiger partial charge in [0.25, 0.3) is 5.91 Å². The number of amides is 1. The molecule has 1 heterocycles. The van der Waals surface area contributed by atoms with E-state index in [0.29, 0.717) is 11.1 Å². The molecule has 2 aromatic carbocycles. The van der Waals surface area contributed by atoms with Crippen LogP contribution in [0.4, 0.5) is 0 Å². The van der Waals surface area contributed by atoms with Gasteiger partial charge in [-0.15, -0.1) is 0 Å².